The van der Waals surface area contributed by atoms with Gasteiger partial charge in [-0.25, -0.2) is 9.97 Å². The van der Waals surface area contributed by atoms with E-state index in [9.17, 15) is 0 Å². The zero-order valence-electron chi connectivity index (χ0n) is 6.12. The van der Waals surface area contributed by atoms with Crippen LogP contribution < -0.4 is 5.46 Å². The van der Waals surface area contributed by atoms with E-state index in [4.69, 9.17) is 7.85 Å². The molecule has 0 aromatic carbocycles. The second kappa shape index (κ2) is 3.14. The predicted molar refractivity (Wildman–Crippen MR) is 55.4 cm³/mol. The minimum Gasteiger partial charge on any atom is -0.244 e. The number of pyridine rings is 1. The Kier molecular flexibility index (Phi) is 2.15. The molecule has 0 aliphatic heterocycles. The highest BCUT2D eigenvalue weighted by Gasteiger charge is 2.02. The van der Waals surface area contributed by atoms with Crippen molar-refractivity contribution in [3.63, 3.8) is 0 Å². The van der Waals surface area contributed by atoms with Gasteiger partial charge in [0.2, 0.25) is 0 Å². The standard InChI is InChI=1S/C7H4BBrN2S/c8-4-1-5-7(10-3-4)12-6(2-9)11-5/h1,3H,2H2. The Bertz CT molecular complexity index is 415. The van der Waals surface area contributed by atoms with Gasteiger partial charge < -0.3 is 0 Å². The first-order valence-corrected chi connectivity index (χ1v) is 5.30. The van der Waals surface area contributed by atoms with Crippen molar-refractivity contribution in [2.24, 2.45) is 0 Å². The Morgan fingerprint density at radius 3 is 3.17 bits per heavy atom. The summed E-state index contributed by atoms with van der Waals surface area (Å²) in [5.41, 5.74) is 1.54. The Morgan fingerprint density at radius 1 is 1.58 bits per heavy atom. The van der Waals surface area contributed by atoms with Gasteiger partial charge in [0.1, 0.15) is 17.7 Å². The van der Waals surface area contributed by atoms with Crippen LogP contribution in [-0.2, 0) is 5.33 Å². The molecule has 2 aromatic heterocycles. The van der Waals surface area contributed by atoms with Crippen molar-refractivity contribution < 1.29 is 0 Å². The molecule has 2 nitrogen and oxygen atoms in total. The highest BCUT2D eigenvalue weighted by Crippen LogP contribution is 2.19. The van der Waals surface area contributed by atoms with Crippen molar-refractivity contribution in [1.29, 1.82) is 0 Å². The third kappa shape index (κ3) is 1.38. The molecule has 2 aromatic rings. The summed E-state index contributed by atoms with van der Waals surface area (Å²) in [5.74, 6) is 0. The third-order valence-electron chi connectivity index (χ3n) is 1.43. The molecule has 0 atom stereocenters. The largest absolute Gasteiger partial charge is 0.244 e. The van der Waals surface area contributed by atoms with E-state index in [1.165, 1.54) is 0 Å². The normalized spacial score (nSPS) is 10.8. The number of thiazole rings is 1. The van der Waals surface area contributed by atoms with Crippen LogP contribution in [0.1, 0.15) is 5.01 Å². The Labute approximate surface area is 83.6 Å². The molecule has 0 aliphatic carbocycles. The first-order chi connectivity index (χ1) is 5.79. The topological polar surface area (TPSA) is 25.8 Å². The molecule has 0 bridgehead atoms. The Hall–Kier alpha value is -0.415. The molecule has 5 heteroatoms. The summed E-state index contributed by atoms with van der Waals surface area (Å²) >= 11 is 4.92. The first kappa shape index (κ1) is 8.20. The van der Waals surface area contributed by atoms with Crippen LogP contribution in [0.4, 0.5) is 0 Å². The fourth-order valence-electron chi connectivity index (χ4n) is 0.941. The molecule has 58 valence electrons. The lowest BCUT2D eigenvalue weighted by Gasteiger charge is -1.88. The predicted octanol–water partition coefficient (Wildman–Crippen LogP) is 1.38. The van der Waals surface area contributed by atoms with Crippen molar-refractivity contribution in [1.82, 2.24) is 9.97 Å². The highest BCUT2D eigenvalue weighted by molar-refractivity contribution is 9.08. The lowest BCUT2D eigenvalue weighted by Crippen LogP contribution is -2.01. The van der Waals surface area contributed by atoms with Crippen molar-refractivity contribution >= 4 is 50.9 Å². The molecular formula is C7H4BBrN2S. The van der Waals surface area contributed by atoms with Gasteiger partial charge in [-0.3, -0.25) is 0 Å². The molecule has 2 heterocycles. The van der Waals surface area contributed by atoms with E-state index in [0.29, 0.717) is 5.46 Å². The van der Waals surface area contributed by atoms with Crippen molar-refractivity contribution in [2.45, 2.75) is 5.33 Å². The van der Waals surface area contributed by atoms with Crippen LogP contribution in [0.2, 0.25) is 0 Å². The number of hydrogen-bond donors (Lipinski definition) is 0. The molecule has 0 fully saturated rings. The summed E-state index contributed by atoms with van der Waals surface area (Å²) in [7, 11) is 5.56. The van der Waals surface area contributed by atoms with Crippen LogP contribution in [-0.4, -0.2) is 17.8 Å². The van der Waals surface area contributed by atoms with E-state index in [1.807, 2.05) is 6.07 Å². The number of nitrogens with zero attached hydrogens (tertiary/aromatic N) is 2. The average Bonchev–Trinajstić information content (AvgIpc) is 2.46. The zero-order valence-corrected chi connectivity index (χ0v) is 8.52. The molecule has 12 heavy (non-hydrogen) atoms. The maximum absolute atomic E-state index is 5.56. The van der Waals surface area contributed by atoms with Gasteiger partial charge in [-0.1, -0.05) is 32.7 Å². The van der Waals surface area contributed by atoms with Gasteiger partial charge in [0.15, 0.2) is 0 Å². The number of alkyl halides is 1. The Balaban J connectivity index is 2.67. The van der Waals surface area contributed by atoms with Crippen molar-refractivity contribution in [3.8, 4) is 0 Å². The van der Waals surface area contributed by atoms with E-state index in [0.717, 1.165) is 20.7 Å². The number of hydrogen-bond acceptors (Lipinski definition) is 3. The number of fused-ring (bicyclic) bond motifs is 1. The number of aromatic nitrogens is 2. The van der Waals surface area contributed by atoms with E-state index in [-0.39, 0.29) is 0 Å². The lowest BCUT2D eigenvalue weighted by atomic mass is 9.99. The molecule has 0 amide bonds. The summed E-state index contributed by atoms with van der Waals surface area (Å²) in [6, 6.07) is 1.84. The molecule has 2 radical (unpaired) electrons. The van der Waals surface area contributed by atoms with E-state index in [2.05, 4.69) is 25.9 Å². The summed E-state index contributed by atoms with van der Waals surface area (Å²) in [4.78, 5) is 9.42. The van der Waals surface area contributed by atoms with Crippen LogP contribution in [0.5, 0.6) is 0 Å². The van der Waals surface area contributed by atoms with Crippen LogP contribution in [0.3, 0.4) is 0 Å². The summed E-state index contributed by atoms with van der Waals surface area (Å²) in [6.07, 6.45) is 1.65. The second-order valence-electron chi connectivity index (χ2n) is 2.33. The molecule has 0 unspecified atom stereocenters. The smallest absolute Gasteiger partial charge is 0.143 e. The van der Waals surface area contributed by atoms with E-state index in [1.54, 1.807) is 17.5 Å². The Morgan fingerprint density at radius 2 is 2.42 bits per heavy atom. The fraction of sp³-hybridized carbons (Fsp3) is 0.143. The third-order valence-corrected chi connectivity index (χ3v) is 3.31. The van der Waals surface area contributed by atoms with Gasteiger partial charge in [0, 0.05) is 6.20 Å². The van der Waals surface area contributed by atoms with Crippen LogP contribution >= 0.6 is 27.3 Å². The van der Waals surface area contributed by atoms with Gasteiger partial charge in [0.25, 0.3) is 0 Å². The molecule has 0 saturated heterocycles. The summed E-state index contributed by atoms with van der Waals surface area (Å²) in [5, 5.41) is 1.80. The van der Waals surface area contributed by atoms with Crippen LogP contribution in [0.25, 0.3) is 10.3 Å². The quantitative estimate of drug-likeness (QED) is 0.554. The maximum Gasteiger partial charge on any atom is 0.143 e. The van der Waals surface area contributed by atoms with E-state index >= 15 is 0 Å². The van der Waals surface area contributed by atoms with E-state index < -0.39 is 0 Å². The molecule has 0 aliphatic rings. The molecular weight excluding hydrogens is 235 g/mol. The fourth-order valence-corrected chi connectivity index (χ4v) is 2.15. The zero-order chi connectivity index (χ0) is 8.55. The molecule has 0 N–H and O–H groups in total. The van der Waals surface area contributed by atoms with Gasteiger partial charge in [-0.05, 0) is 6.07 Å². The summed E-state index contributed by atoms with van der Waals surface area (Å²) < 4.78 is 0. The minimum absolute atomic E-state index is 0.661. The monoisotopic (exact) mass is 238 g/mol. The van der Waals surface area contributed by atoms with Gasteiger partial charge in [-0.15, -0.1) is 0 Å². The van der Waals surface area contributed by atoms with Gasteiger partial charge >= 0.3 is 0 Å². The number of rotatable bonds is 1. The van der Waals surface area contributed by atoms with Gasteiger partial charge in [-0.2, -0.15) is 0 Å². The van der Waals surface area contributed by atoms with Crippen LogP contribution in [0, 0.1) is 0 Å². The minimum atomic E-state index is 0.661. The van der Waals surface area contributed by atoms with Crippen LogP contribution in [0.15, 0.2) is 12.3 Å². The maximum atomic E-state index is 5.56. The number of halogens is 1. The van der Waals surface area contributed by atoms with Gasteiger partial charge in [0.05, 0.1) is 10.8 Å². The second-order valence-corrected chi connectivity index (χ2v) is 3.96. The van der Waals surface area contributed by atoms with Crippen molar-refractivity contribution in [2.75, 3.05) is 0 Å². The molecule has 0 spiro atoms. The lowest BCUT2D eigenvalue weighted by molar-refractivity contribution is 1.32. The average molecular weight is 239 g/mol. The van der Waals surface area contributed by atoms with Crippen molar-refractivity contribution in [3.05, 3.63) is 17.3 Å². The summed E-state index contributed by atoms with van der Waals surface area (Å²) in [6.45, 7) is 0. The molecule has 2 rings (SSSR count). The molecule has 0 saturated carbocycles. The SMILES string of the molecule is [B]c1cnc2sc(CBr)nc2c1. The first-order valence-electron chi connectivity index (χ1n) is 3.36. The highest BCUT2D eigenvalue weighted by atomic mass is 79.9.